The van der Waals surface area contributed by atoms with Gasteiger partial charge >= 0.3 is 0 Å². The van der Waals surface area contributed by atoms with Crippen molar-refractivity contribution in [3.63, 3.8) is 0 Å². The van der Waals surface area contributed by atoms with Gasteiger partial charge < -0.3 is 4.74 Å². The topological polar surface area (TPSA) is 9.23 Å². The van der Waals surface area contributed by atoms with Crippen molar-refractivity contribution in [3.05, 3.63) is 83.9 Å². The molecule has 0 radical (unpaired) electrons. The van der Waals surface area contributed by atoms with Crippen LogP contribution < -0.4 is 4.74 Å². The van der Waals surface area contributed by atoms with E-state index in [4.69, 9.17) is 16.3 Å². The van der Waals surface area contributed by atoms with Crippen LogP contribution in [0.1, 0.15) is 0 Å². The molecule has 0 N–H and O–H groups in total. The third-order valence-electron chi connectivity index (χ3n) is 4.54. The van der Waals surface area contributed by atoms with Crippen LogP contribution in [0.3, 0.4) is 0 Å². The lowest BCUT2D eigenvalue weighted by molar-refractivity contribution is 0.487. The lowest BCUT2D eigenvalue weighted by Crippen LogP contribution is -1.97. The Morgan fingerprint density at radius 2 is 1.46 bits per heavy atom. The molecule has 0 spiro atoms. The largest absolute Gasteiger partial charge is 0.456 e. The number of benzene rings is 4. The molecule has 5 rings (SSSR count). The molecule has 0 saturated heterocycles. The molecule has 0 bridgehead atoms. The maximum Gasteiger partial charge on any atom is 0.135 e. The first-order valence-corrected chi connectivity index (χ1v) is 8.28. The van der Waals surface area contributed by atoms with E-state index in [2.05, 4.69) is 42.5 Å². The number of rotatable bonds is 1. The predicted molar refractivity (Wildman–Crippen MR) is 99.9 cm³/mol. The molecule has 0 amide bonds. The highest BCUT2D eigenvalue weighted by atomic mass is 35.5. The van der Waals surface area contributed by atoms with Crippen molar-refractivity contribution in [1.29, 1.82) is 0 Å². The Kier molecular flexibility index (Phi) is 2.91. The summed E-state index contributed by atoms with van der Waals surface area (Å²) in [5, 5.41) is 3.09. The summed E-state index contributed by atoms with van der Waals surface area (Å²) in [6, 6.07) is 26.7. The van der Waals surface area contributed by atoms with Gasteiger partial charge in [-0.3, -0.25) is 0 Å². The van der Waals surface area contributed by atoms with Crippen molar-refractivity contribution >= 4 is 22.4 Å². The minimum atomic E-state index is 0.745. The van der Waals surface area contributed by atoms with E-state index < -0.39 is 0 Å². The molecule has 114 valence electrons. The van der Waals surface area contributed by atoms with Gasteiger partial charge in [0.15, 0.2) is 0 Å². The first kappa shape index (κ1) is 13.6. The van der Waals surface area contributed by atoms with E-state index in [-0.39, 0.29) is 0 Å². The van der Waals surface area contributed by atoms with Gasteiger partial charge in [0.25, 0.3) is 0 Å². The molecule has 4 aromatic carbocycles. The van der Waals surface area contributed by atoms with Crippen molar-refractivity contribution in [3.8, 4) is 33.8 Å². The van der Waals surface area contributed by atoms with Gasteiger partial charge in [0.2, 0.25) is 0 Å². The maximum atomic E-state index is 6.19. The standard InChI is InChI=1S/C22H13ClO/c23-15-6-3-5-14(13-15)16-11-12-21-22-18(16)8-4-9-19(22)17-7-1-2-10-20(17)24-21/h1-13H. The minimum Gasteiger partial charge on any atom is -0.456 e. The van der Waals surface area contributed by atoms with Crippen molar-refractivity contribution in [2.75, 3.05) is 0 Å². The van der Waals surface area contributed by atoms with Gasteiger partial charge in [-0.2, -0.15) is 0 Å². The van der Waals surface area contributed by atoms with Gasteiger partial charge in [-0.15, -0.1) is 0 Å². The number of para-hydroxylation sites is 1. The van der Waals surface area contributed by atoms with Crippen molar-refractivity contribution in [2.45, 2.75) is 0 Å². The second-order valence-electron chi connectivity index (χ2n) is 5.95. The van der Waals surface area contributed by atoms with Crippen LogP contribution >= 0.6 is 11.6 Å². The third-order valence-corrected chi connectivity index (χ3v) is 4.77. The van der Waals surface area contributed by atoms with Gasteiger partial charge in [0.1, 0.15) is 11.5 Å². The summed E-state index contributed by atoms with van der Waals surface area (Å²) < 4.78 is 6.14. The average Bonchev–Trinajstić information content (AvgIpc) is 2.62. The Balaban J connectivity index is 1.86. The Morgan fingerprint density at radius 3 is 2.38 bits per heavy atom. The molecule has 0 saturated carbocycles. The summed E-state index contributed by atoms with van der Waals surface area (Å²) in [6.07, 6.45) is 0. The van der Waals surface area contributed by atoms with Gasteiger partial charge in [-0.1, -0.05) is 66.2 Å². The molecule has 0 aromatic heterocycles. The molecule has 0 aliphatic carbocycles. The van der Waals surface area contributed by atoms with E-state index in [1.165, 1.54) is 16.5 Å². The van der Waals surface area contributed by atoms with Crippen LogP contribution in [0.5, 0.6) is 11.5 Å². The van der Waals surface area contributed by atoms with E-state index in [1.807, 2.05) is 36.4 Å². The highest BCUT2D eigenvalue weighted by Crippen LogP contribution is 2.48. The van der Waals surface area contributed by atoms with Crippen LogP contribution in [-0.2, 0) is 0 Å². The van der Waals surface area contributed by atoms with Crippen LogP contribution in [0, 0.1) is 0 Å². The van der Waals surface area contributed by atoms with Crippen LogP contribution in [0.2, 0.25) is 5.02 Å². The lowest BCUT2D eigenvalue weighted by atomic mass is 9.90. The molecule has 1 aliphatic heterocycles. The normalized spacial score (nSPS) is 11.9. The molecule has 4 aromatic rings. The van der Waals surface area contributed by atoms with Gasteiger partial charge in [-0.05, 0) is 46.3 Å². The average molecular weight is 329 g/mol. The molecular weight excluding hydrogens is 316 g/mol. The molecule has 2 heteroatoms. The molecule has 0 fully saturated rings. The van der Waals surface area contributed by atoms with E-state index in [0.717, 1.165) is 33.0 Å². The third kappa shape index (κ3) is 1.95. The molecule has 1 heterocycles. The smallest absolute Gasteiger partial charge is 0.135 e. The Hall–Kier alpha value is -2.77. The van der Waals surface area contributed by atoms with Crippen molar-refractivity contribution in [2.24, 2.45) is 0 Å². The van der Waals surface area contributed by atoms with Crippen LogP contribution in [-0.4, -0.2) is 0 Å². The summed E-state index contributed by atoms with van der Waals surface area (Å²) in [5.41, 5.74) is 4.64. The molecule has 1 nitrogen and oxygen atoms in total. The Morgan fingerprint density at radius 1 is 0.625 bits per heavy atom. The SMILES string of the molecule is Clc1cccc(-c2ccc3c4c(cccc24)-c2ccccc2O3)c1. The summed E-state index contributed by atoms with van der Waals surface area (Å²) in [5.74, 6) is 1.82. The molecular formula is C22H13ClO. The second-order valence-corrected chi connectivity index (χ2v) is 6.38. The molecule has 0 atom stereocenters. The van der Waals surface area contributed by atoms with E-state index in [0.29, 0.717) is 0 Å². The van der Waals surface area contributed by atoms with Gasteiger partial charge in [-0.25, -0.2) is 0 Å². The second kappa shape index (κ2) is 5.12. The predicted octanol–water partition coefficient (Wildman–Crippen LogP) is 6.93. The zero-order valence-corrected chi connectivity index (χ0v) is 13.5. The summed E-state index contributed by atoms with van der Waals surface area (Å²) in [7, 11) is 0. The quantitative estimate of drug-likeness (QED) is 0.324. The summed E-state index contributed by atoms with van der Waals surface area (Å²) in [4.78, 5) is 0. The Labute approximate surface area is 145 Å². The molecule has 24 heavy (non-hydrogen) atoms. The monoisotopic (exact) mass is 328 g/mol. The van der Waals surface area contributed by atoms with Crippen LogP contribution in [0.4, 0.5) is 0 Å². The summed E-state index contributed by atoms with van der Waals surface area (Å²) in [6.45, 7) is 0. The number of hydrogen-bond donors (Lipinski definition) is 0. The molecule has 1 aliphatic rings. The minimum absolute atomic E-state index is 0.745. The number of fused-ring (bicyclic) bond motifs is 2. The van der Waals surface area contributed by atoms with Gasteiger partial charge in [0.05, 0.1) is 0 Å². The van der Waals surface area contributed by atoms with E-state index in [1.54, 1.807) is 0 Å². The zero-order valence-electron chi connectivity index (χ0n) is 12.8. The fraction of sp³-hybridized carbons (Fsp3) is 0. The zero-order chi connectivity index (χ0) is 16.1. The number of ether oxygens (including phenoxy) is 1. The first-order chi connectivity index (χ1) is 11.8. The molecule has 0 unspecified atom stereocenters. The number of halogens is 1. The summed E-state index contributed by atoms with van der Waals surface area (Å²) >= 11 is 6.19. The maximum absolute atomic E-state index is 6.19. The highest BCUT2D eigenvalue weighted by molar-refractivity contribution is 6.31. The van der Waals surface area contributed by atoms with E-state index in [9.17, 15) is 0 Å². The number of hydrogen-bond acceptors (Lipinski definition) is 1. The van der Waals surface area contributed by atoms with Crippen LogP contribution in [0.25, 0.3) is 33.0 Å². The van der Waals surface area contributed by atoms with E-state index >= 15 is 0 Å². The highest BCUT2D eigenvalue weighted by Gasteiger charge is 2.20. The van der Waals surface area contributed by atoms with Gasteiger partial charge in [0, 0.05) is 16.0 Å². The lowest BCUT2D eigenvalue weighted by Gasteiger charge is -2.22. The van der Waals surface area contributed by atoms with Crippen molar-refractivity contribution < 1.29 is 4.74 Å². The fourth-order valence-electron chi connectivity index (χ4n) is 3.49. The Bertz CT molecular complexity index is 1100. The fourth-order valence-corrected chi connectivity index (χ4v) is 3.68. The van der Waals surface area contributed by atoms with Crippen LogP contribution in [0.15, 0.2) is 78.9 Å². The van der Waals surface area contributed by atoms with Crippen molar-refractivity contribution in [1.82, 2.24) is 0 Å². The first-order valence-electron chi connectivity index (χ1n) is 7.90.